The number of carbonyl (C=O) groups is 2. The van der Waals surface area contributed by atoms with Gasteiger partial charge in [-0.2, -0.15) is 27.1 Å². The molecule has 0 aliphatic carbocycles. The normalized spacial score (nSPS) is 12.8. The molecule has 0 bridgehead atoms. The van der Waals surface area contributed by atoms with Gasteiger partial charge >= 0.3 is 23.9 Å². The number of hydrogen-bond acceptors (Lipinski definition) is 7. The Hall–Kier alpha value is -4.05. The Morgan fingerprint density at radius 3 is 2.46 bits per heavy atom. The van der Waals surface area contributed by atoms with Crippen molar-refractivity contribution < 1.29 is 41.4 Å². The summed E-state index contributed by atoms with van der Waals surface area (Å²) in [6.07, 6.45) is -6.17. The molecule has 0 atom stereocenters. The summed E-state index contributed by atoms with van der Waals surface area (Å²) in [5, 5.41) is 11.7. The Morgan fingerprint density at radius 2 is 1.84 bits per heavy atom. The molecule has 3 heterocycles. The lowest BCUT2D eigenvalue weighted by atomic mass is 10.1. The van der Waals surface area contributed by atoms with E-state index in [4.69, 9.17) is 20.4 Å². The molecule has 1 aliphatic heterocycles. The standard InChI is InChI=1S/C19H17F2N5O3S.C2HF3O2/c20-17(21)13(7-22)8-25-18(27)24(11-23-25)9-14-5-6-16(30-14)26-15-4-2-1-3-12(15)10-29-19(26)28;3-2(4,5)1(6)7/h1-6,11H,7-10,22H2;(H,6,7). The fraction of sp³-hybridized carbons (Fsp3) is 0.238. The first-order valence-corrected chi connectivity index (χ1v) is 11.0. The number of carboxylic acids is 1. The fourth-order valence-electron chi connectivity index (χ4n) is 3.07. The third-order valence-corrected chi connectivity index (χ3v) is 5.91. The van der Waals surface area contributed by atoms with Crippen molar-refractivity contribution in [2.45, 2.75) is 25.9 Å². The van der Waals surface area contributed by atoms with Crippen LogP contribution in [0.2, 0.25) is 0 Å². The van der Waals surface area contributed by atoms with Gasteiger partial charge in [0, 0.05) is 22.6 Å². The van der Waals surface area contributed by atoms with Gasteiger partial charge in [-0.3, -0.25) is 4.57 Å². The van der Waals surface area contributed by atoms with Gasteiger partial charge in [0.05, 0.1) is 18.8 Å². The minimum absolute atomic E-state index is 0.188. The van der Waals surface area contributed by atoms with Crippen LogP contribution in [0.15, 0.2) is 59.2 Å². The number of para-hydroxylation sites is 1. The molecule has 0 spiro atoms. The van der Waals surface area contributed by atoms with Gasteiger partial charge in [0.2, 0.25) is 0 Å². The number of halogens is 5. The molecular formula is C21H18F5N5O5S. The van der Waals surface area contributed by atoms with Crippen molar-refractivity contribution in [2.75, 3.05) is 11.4 Å². The number of alkyl halides is 3. The second-order valence-corrected chi connectivity index (χ2v) is 8.48. The quantitative estimate of drug-likeness (QED) is 0.450. The second-order valence-electron chi connectivity index (χ2n) is 7.33. The van der Waals surface area contributed by atoms with Gasteiger partial charge in [-0.05, 0) is 18.2 Å². The zero-order chi connectivity index (χ0) is 27.3. The first-order chi connectivity index (χ1) is 17.4. The van der Waals surface area contributed by atoms with E-state index < -0.39 is 30.0 Å². The summed E-state index contributed by atoms with van der Waals surface area (Å²) < 4.78 is 64.8. The predicted octanol–water partition coefficient (Wildman–Crippen LogP) is 3.69. The van der Waals surface area contributed by atoms with Crippen LogP contribution in [0.25, 0.3) is 0 Å². The molecule has 0 saturated heterocycles. The molecule has 16 heteroatoms. The maximum absolute atomic E-state index is 12.8. The lowest BCUT2D eigenvalue weighted by Gasteiger charge is -2.27. The van der Waals surface area contributed by atoms with Crippen LogP contribution in [0.5, 0.6) is 0 Å². The largest absolute Gasteiger partial charge is 0.490 e. The predicted molar refractivity (Wildman–Crippen MR) is 121 cm³/mol. The zero-order valence-electron chi connectivity index (χ0n) is 18.6. The molecule has 2 aromatic heterocycles. The van der Waals surface area contributed by atoms with Crippen LogP contribution in [0.3, 0.4) is 0 Å². The van der Waals surface area contributed by atoms with Crippen LogP contribution in [0.4, 0.5) is 37.4 Å². The molecule has 1 amide bonds. The number of cyclic esters (lactones) is 1. The summed E-state index contributed by atoms with van der Waals surface area (Å²) in [6, 6.07) is 11.0. The Kier molecular flexibility index (Phi) is 8.44. The van der Waals surface area contributed by atoms with E-state index in [0.29, 0.717) is 5.00 Å². The average molecular weight is 547 g/mol. The summed E-state index contributed by atoms with van der Waals surface area (Å²) >= 11 is 1.32. The number of hydrogen-bond donors (Lipinski definition) is 2. The van der Waals surface area contributed by atoms with Crippen LogP contribution in [0, 0.1) is 0 Å². The highest BCUT2D eigenvalue weighted by Gasteiger charge is 2.38. The van der Waals surface area contributed by atoms with E-state index in [1.54, 1.807) is 12.1 Å². The Labute approximate surface area is 208 Å². The molecule has 10 nitrogen and oxygen atoms in total. The summed E-state index contributed by atoms with van der Waals surface area (Å²) in [7, 11) is 0. The van der Waals surface area contributed by atoms with Gasteiger partial charge < -0.3 is 15.6 Å². The number of fused-ring (bicyclic) bond motifs is 1. The SMILES string of the molecule is NCC(Cn1ncn(Cc2ccc(N3C(=O)OCc4ccccc43)s2)c1=O)=C(F)F.O=C(O)C(F)(F)F. The van der Waals surface area contributed by atoms with Crippen LogP contribution < -0.4 is 16.3 Å². The molecule has 0 unspecified atom stereocenters. The average Bonchev–Trinajstić information content (AvgIpc) is 3.44. The molecule has 0 radical (unpaired) electrons. The van der Waals surface area contributed by atoms with Crippen molar-refractivity contribution >= 4 is 34.1 Å². The third-order valence-electron chi connectivity index (χ3n) is 4.85. The molecule has 0 fully saturated rings. The molecule has 3 N–H and O–H groups in total. The molecule has 0 saturated carbocycles. The van der Waals surface area contributed by atoms with E-state index >= 15 is 0 Å². The highest BCUT2D eigenvalue weighted by molar-refractivity contribution is 7.16. The number of benzene rings is 1. The van der Waals surface area contributed by atoms with Crippen molar-refractivity contribution in [1.82, 2.24) is 14.3 Å². The van der Waals surface area contributed by atoms with Crippen LogP contribution >= 0.6 is 11.3 Å². The lowest BCUT2D eigenvalue weighted by molar-refractivity contribution is -0.192. The van der Waals surface area contributed by atoms with E-state index in [0.717, 1.165) is 20.8 Å². The Bertz CT molecular complexity index is 1380. The monoisotopic (exact) mass is 547 g/mol. The number of anilines is 2. The fourth-order valence-corrected chi connectivity index (χ4v) is 4.08. The minimum atomic E-state index is -5.08. The maximum atomic E-state index is 12.8. The van der Waals surface area contributed by atoms with Gasteiger partial charge in [0.1, 0.15) is 17.9 Å². The first-order valence-electron chi connectivity index (χ1n) is 10.2. The highest BCUT2D eigenvalue weighted by Crippen LogP contribution is 2.37. The topological polar surface area (TPSA) is 133 Å². The highest BCUT2D eigenvalue weighted by atomic mass is 32.1. The molecule has 1 aliphatic rings. The lowest BCUT2D eigenvalue weighted by Crippen LogP contribution is -2.30. The van der Waals surface area contributed by atoms with Crippen LogP contribution in [-0.2, 0) is 29.2 Å². The molecule has 1 aromatic carbocycles. The molecule has 198 valence electrons. The van der Waals surface area contributed by atoms with E-state index in [2.05, 4.69) is 5.10 Å². The zero-order valence-corrected chi connectivity index (χ0v) is 19.4. The number of amides is 1. The molecule has 4 rings (SSSR count). The van der Waals surface area contributed by atoms with E-state index in [9.17, 15) is 31.5 Å². The summed E-state index contributed by atoms with van der Waals surface area (Å²) in [5.41, 5.74) is 6.07. The van der Waals surface area contributed by atoms with E-state index in [1.807, 2.05) is 24.3 Å². The number of aliphatic carboxylic acids is 1. The van der Waals surface area contributed by atoms with E-state index in [-0.39, 0.29) is 31.8 Å². The van der Waals surface area contributed by atoms with Gasteiger partial charge in [-0.1, -0.05) is 18.2 Å². The number of carbonyl (C=O) groups excluding carboxylic acids is 1. The molecule has 37 heavy (non-hydrogen) atoms. The second kappa shape index (κ2) is 11.3. The number of carboxylic acid groups (broad SMARTS) is 1. The number of rotatable bonds is 6. The molecular weight excluding hydrogens is 529 g/mol. The summed E-state index contributed by atoms with van der Waals surface area (Å²) in [4.78, 5) is 36.0. The number of aromatic nitrogens is 3. The number of nitrogens with zero attached hydrogens (tertiary/aromatic N) is 4. The van der Waals surface area contributed by atoms with Gasteiger partial charge in [0.15, 0.2) is 0 Å². The van der Waals surface area contributed by atoms with Crippen molar-refractivity contribution in [3.05, 3.63) is 75.3 Å². The number of nitrogens with two attached hydrogens (primary N) is 1. The van der Waals surface area contributed by atoms with Gasteiger partial charge in [-0.15, -0.1) is 11.3 Å². The Balaban J connectivity index is 0.000000479. The summed E-state index contributed by atoms with van der Waals surface area (Å²) in [5.74, 6) is -2.76. The number of ether oxygens (including phenoxy) is 1. The summed E-state index contributed by atoms with van der Waals surface area (Å²) in [6.45, 7) is -0.315. The maximum Gasteiger partial charge on any atom is 0.490 e. The van der Waals surface area contributed by atoms with Gasteiger partial charge in [-0.25, -0.2) is 24.0 Å². The number of thiophene rings is 1. The van der Waals surface area contributed by atoms with Crippen molar-refractivity contribution in [3.8, 4) is 0 Å². The first kappa shape index (κ1) is 27.5. The van der Waals surface area contributed by atoms with Crippen molar-refractivity contribution in [3.63, 3.8) is 0 Å². The van der Waals surface area contributed by atoms with Gasteiger partial charge in [0.25, 0.3) is 6.08 Å². The minimum Gasteiger partial charge on any atom is -0.475 e. The smallest absolute Gasteiger partial charge is 0.475 e. The Morgan fingerprint density at radius 1 is 1.16 bits per heavy atom. The van der Waals surface area contributed by atoms with Crippen molar-refractivity contribution in [1.29, 1.82) is 0 Å². The van der Waals surface area contributed by atoms with Crippen molar-refractivity contribution in [2.24, 2.45) is 5.73 Å². The van der Waals surface area contributed by atoms with E-state index in [1.165, 1.54) is 27.1 Å². The van der Waals surface area contributed by atoms with Crippen LogP contribution in [-0.4, -0.2) is 44.2 Å². The third kappa shape index (κ3) is 6.59. The molecule has 3 aromatic rings. The van der Waals surface area contributed by atoms with Crippen LogP contribution in [0.1, 0.15) is 10.4 Å².